The van der Waals surface area contributed by atoms with Crippen LogP contribution in [-0.4, -0.2) is 11.6 Å². The quantitative estimate of drug-likeness (QED) is 0.617. The summed E-state index contributed by atoms with van der Waals surface area (Å²) in [5.74, 6) is 0.933. The zero-order valence-electron chi connectivity index (χ0n) is 7.34. The molecule has 2 fully saturated rings. The monoisotopic (exact) mass is 166 g/mol. The number of carbonyl (C=O) groups is 1. The van der Waals surface area contributed by atoms with Gasteiger partial charge in [0, 0.05) is 11.6 Å². The van der Waals surface area contributed by atoms with Gasteiger partial charge in [-0.25, -0.2) is 5.43 Å². The van der Waals surface area contributed by atoms with E-state index in [1.165, 1.54) is 6.42 Å². The Morgan fingerprint density at radius 1 is 1.58 bits per heavy atom. The van der Waals surface area contributed by atoms with Gasteiger partial charge in [0.1, 0.15) is 0 Å². The summed E-state index contributed by atoms with van der Waals surface area (Å²) in [5.41, 5.74) is 3.78. The molecule has 0 aromatic rings. The van der Waals surface area contributed by atoms with Crippen LogP contribution in [0.1, 0.15) is 32.6 Å². The summed E-state index contributed by atoms with van der Waals surface area (Å²) in [5, 5.41) is 4.04. The average molecular weight is 166 g/mol. The highest BCUT2D eigenvalue weighted by molar-refractivity contribution is 5.90. The van der Waals surface area contributed by atoms with E-state index in [1.54, 1.807) is 0 Å². The second-order valence-corrected chi connectivity index (χ2v) is 3.83. The third-order valence-corrected chi connectivity index (χ3v) is 2.70. The van der Waals surface area contributed by atoms with Gasteiger partial charge in [0.2, 0.25) is 5.91 Å². The molecule has 0 aromatic carbocycles. The molecule has 3 nitrogen and oxygen atoms in total. The van der Waals surface area contributed by atoms with Crippen molar-refractivity contribution in [1.29, 1.82) is 0 Å². The van der Waals surface area contributed by atoms with E-state index in [1.807, 2.05) is 0 Å². The van der Waals surface area contributed by atoms with Gasteiger partial charge in [-0.15, -0.1) is 0 Å². The van der Waals surface area contributed by atoms with Gasteiger partial charge in [-0.1, -0.05) is 6.92 Å². The van der Waals surface area contributed by atoms with E-state index >= 15 is 0 Å². The molecule has 0 bridgehead atoms. The molecule has 0 heterocycles. The molecule has 2 unspecified atom stereocenters. The predicted octanol–water partition coefficient (Wildman–Crippen LogP) is 1.30. The van der Waals surface area contributed by atoms with Gasteiger partial charge in [-0.05, 0) is 31.6 Å². The Morgan fingerprint density at radius 3 is 2.67 bits per heavy atom. The molecular weight excluding hydrogens is 152 g/mol. The lowest BCUT2D eigenvalue weighted by molar-refractivity contribution is -0.122. The van der Waals surface area contributed by atoms with Crippen LogP contribution in [0.2, 0.25) is 0 Å². The molecule has 1 amide bonds. The minimum atomic E-state index is 0.113. The molecule has 2 atom stereocenters. The number of hydrogen-bond acceptors (Lipinski definition) is 2. The van der Waals surface area contributed by atoms with Crippen LogP contribution in [0.15, 0.2) is 5.10 Å². The maximum Gasteiger partial charge on any atom is 0.243 e. The molecule has 2 rings (SSSR count). The van der Waals surface area contributed by atoms with Gasteiger partial charge in [0.15, 0.2) is 0 Å². The van der Waals surface area contributed by atoms with Gasteiger partial charge < -0.3 is 0 Å². The van der Waals surface area contributed by atoms with Crippen LogP contribution in [0.25, 0.3) is 0 Å². The third-order valence-electron chi connectivity index (χ3n) is 2.70. The number of carbonyl (C=O) groups excluding carboxylic acids is 1. The van der Waals surface area contributed by atoms with Crippen LogP contribution in [0.5, 0.6) is 0 Å². The van der Waals surface area contributed by atoms with Crippen molar-refractivity contribution < 1.29 is 4.79 Å². The fourth-order valence-corrected chi connectivity index (χ4v) is 1.35. The van der Waals surface area contributed by atoms with Gasteiger partial charge in [0.25, 0.3) is 0 Å². The number of rotatable bonds is 2. The lowest BCUT2D eigenvalue weighted by Crippen LogP contribution is -2.23. The smallest absolute Gasteiger partial charge is 0.243 e. The first-order valence-electron chi connectivity index (χ1n) is 4.62. The Morgan fingerprint density at radius 2 is 2.25 bits per heavy atom. The minimum Gasteiger partial charge on any atom is -0.273 e. The summed E-state index contributed by atoms with van der Waals surface area (Å²) in [7, 11) is 0. The Bertz CT molecular complexity index is 229. The molecule has 3 heteroatoms. The van der Waals surface area contributed by atoms with E-state index in [0.29, 0.717) is 5.92 Å². The van der Waals surface area contributed by atoms with E-state index < -0.39 is 0 Å². The maximum absolute atomic E-state index is 11.2. The van der Waals surface area contributed by atoms with Gasteiger partial charge in [0.05, 0.1) is 0 Å². The predicted molar refractivity (Wildman–Crippen MR) is 46.7 cm³/mol. The first kappa shape index (κ1) is 7.77. The number of amides is 1. The molecule has 66 valence electrons. The molecule has 0 spiro atoms. The van der Waals surface area contributed by atoms with Crippen molar-refractivity contribution in [1.82, 2.24) is 5.43 Å². The molecule has 0 radical (unpaired) electrons. The zero-order valence-corrected chi connectivity index (χ0v) is 7.34. The highest BCUT2D eigenvalue weighted by Crippen LogP contribution is 2.37. The van der Waals surface area contributed by atoms with Crippen LogP contribution in [0, 0.1) is 11.8 Å². The van der Waals surface area contributed by atoms with Crippen LogP contribution < -0.4 is 5.43 Å². The highest BCUT2D eigenvalue weighted by Gasteiger charge is 2.39. The average Bonchev–Trinajstić information content (AvgIpc) is 2.63. The summed E-state index contributed by atoms with van der Waals surface area (Å²) >= 11 is 0. The van der Waals surface area contributed by atoms with Crippen molar-refractivity contribution in [2.75, 3.05) is 0 Å². The lowest BCUT2D eigenvalue weighted by Gasteiger charge is -2.13. The van der Waals surface area contributed by atoms with E-state index in [2.05, 4.69) is 17.5 Å². The van der Waals surface area contributed by atoms with Crippen LogP contribution >= 0.6 is 0 Å². The van der Waals surface area contributed by atoms with E-state index in [0.717, 1.165) is 25.0 Å². The Hall–Kier alpha value is -0.860. The Kier molecular flexibility index (Phi) is 1.87. The molecule has 0 aliphatic heterocycles. The summed E-state index contributed by atoms with van der Waals surface area (Å²) in [6.07, 6.45) is 4.41. The number of hydrazone groups is 1. The van der Waals surface area contributed by atoms with Crippen molar-refractivity contribution in [2.24, 2.45) is 16.9 Å². The summed E-state index contributed by atoms with van der Waals surface area (Å²) < 4.78 is 0. The van der Waals surface area contributed by atoms with Gasteiger partial charge >= 0.3 is 0 Å². The fraction of sp³-hybridized carbons (Fsp3) is 0.778. The largest absolute Gasteiger partial charge is 0.273 e. The molecule has 2 saturated carbocycles. The summed E-state index contributed by atoms with van der Waals surface area (Å²) in [6.45, 7) is 2.10. The second kappa shape index (κ2) is 2.88. The topological polar surface area (TPSA) is 41.5 Å². The maximum atomic E-state index is 11.2. The van der Waals surface area contributed by atoms with E-state index in [9.17, 15) is 4.79 Å². The molecule has 2 aliphatic carbocycles. The van der Waals surface area contributed by atoms with Gasteiger partial charge in [-0.3, -0.25) is 4.79 Å². The first-order valence-corrected chi connectivity index (χ1v) is 4.62. The van der Waals surface area contributed by atoms with Gasteiger partial charge in [-0.2, -0.15) is 5.10 Å². The molecule has 12 heavy (non-hydrogen) atoms. The van der Waals surface area contributed by atoms with Crippen molar-refractivity contribution in [3.05, 3.63) is 0 Å². The Labute approximate surface area is 72.2 Å². The van der Waals surface area contributed by atoms with Crippen molar-refractivity contribution in [3.8, 4) is 0 Å². The van der Waals surface area contributed by atoms with Crippen molar-refractivity contribution in [2.45, 2.75) is 32.6 Å². The van der Waals surface area contributed by atoms with E-state index in [4.69, 9.17) is 0 Å². The zero-order chi connectivity index (χ0) is 8.55. The molecule has 2 aliphatic rings. The standard InChI is InChI=1S/C9H14N2O/c1-6-5-8(6)9(12)11-10-7-3-2-4-7/h6,8H,2-5H2,1H3,(H,11,12). The number of nitrogens with zero attached hydrogens (tertiary/aromatic N) is 1. The minimum absolute atomic E-state index is 0.113. The second-order valence-electron chi connectivity index (χ2n) is 3.83. The molecule has 1 N–H and O–H groups in total. The van der Waals surface area contributed by atoms with Crippen molar-refractivity contribution >= 4 is 11.6 Å². The first-order chi connectivity index (χ1) is 5.77. The number of hydrogen-bond donors (Lipinski definition) is 1. The Balaban J connectivity index is 1.75. The fourth-order valence-electron chi connectivity index (χ4n) is 1.35. The third kappa shape index (κ3) is 1.49. The van der Waals surface area contributed by atoms with Crippen LogP contribution in [-0.2, 0) is 4.79 Å². The lowest BCUT2D eigenvalue weighted by atomic mass is 9.98. The summed E-state index contributed by atoms with van der Waals surface area (Å²) in [6, 6.07) is 0. The SMILES string of the molecule is CC1CC1C(=O)NN=C1CCC1. The molecule has 0 aromatic heterocycles. The van der Waals surface area contributed by atoms with Crippen LogP contribution in [0.3, 0.4) is 0 Å². The van der Waals surface area contributed by atoms with E-state index in [-0.39, 0.29) is 11.8 Å². The number of nitrogens with one attached hydrogen (secondary N) is 1. The highest BCUT2D eigenvalue weighted by atomic mass is 16.2. The summed E-state index contributed by atoms with van der Waals surface area (Å²) in [4.78, 5) is 11.2. The van der Waals surface area contributed by atoms with Crippen molar-refractivity contribution in [3.63, 3.8) is 0 Å². The normalized spacial score (nSPS) is 32.2. The van der Waals surface area contributed by atoms with Crippen LogP contribution in [0.4, 0.5) is 0 Å². The molecule has 0 saturated heterocycles. The molecular formula is C9H14N2O.